The summed E-state index contributed by atoms with van der Waals surface area (Å²) in [5, 5.41) is 0.576. The molecule has 3 aromatic heterocycles. The Hall–Kier alpha value is -3.16. The summed E-state index contributed by atoms with van der Waals surface area (Å²) in [6.07, 6.45) is 3.20. The van der Waals surface area contributed by atoms with Crippen LogP contribution in [0.5, 0.6) is 0 Å². The number of benzene rings is 1. The van der Waals surface area contributed by atoms with Gasteiger partial charge in [0.05, 0.1) is 22.7 Å². The molecule has 0 N–H and O–H groups in total. The Kier molecular flexibility index (Phi) is 5.91. The van der Waals surface area contributed by atoms with Crippen molar-refractivity contribution in [2.45, 2.75) is 38.7 Å². The molecule has 5 rings (SSSR count). The van der Waals surface area contributed by atoms with Crippen molar-refractivity contribution in [2.24, 2.45) is 7.05 Å². The number of nitrogens with zero attached hydrogens (tertiary/aromatic N) is 4. The lowest BCUT2D eigenvalue weighted by Gasteiger charge is -2.30. The highest BCUT2D eigenvalue weighted by Crippen LogP contribution is 2.39. The average molecular weight is 479 g/mol. The molecule has 0 aliphatic carbocycles. The second-order valence-corrected chi connectivity index (χ2v) is 9.19. The van der Waals surface area contributed by atoms with E-state index >= 15 is 0 Å². The van der Waals surface area contributed by atoms with Gasteiger partial charge in [-0.2, -0.15) is 0 Å². The van der Waals surface area contributed by atoms with Crippen LogP contribution in [0.1, 0.15) is 47.6 Å². The van der Waals surface area contributed by atoms with E-state index in [1.807, 2.05) is 31.3 Å². The lowest BCUT2D eigenvalue weighted by molar-refractivity contribution is 0.00448. The Bertz CT molecular complexity index is 1450. The van der Waals surface area contributed by atoms with Crippen LogP contribution in [0.4, 0.5) is 4.39 Å². The molecule has 0 bridgehead atoms. The summed E-state index contributed by atoms with van der Waals surface area (Å²) in [4.78, 5) is 27.1. The van der Waals surface area contributed by atoms with Gasteiger partial charge in [-0.25, -0.2) is 9.37 Å². The Morgan fingerprint density at radius 2 is 1.97 bits per heavy atom. The van der Waals surface area contributed by atoms with Crippen molar-refractivity contribution in [3.8, 4) is 11.3 Å². The van der Waals surface area contributed by atoms with Gasteiger partial charge in [0.25, 0.3) is 5.56 Å². The van der Waals surface area contributed by atoms with Gasteiger partial charge in [0.15, 0.2) is 0 Å². The third kappa shape index (κ3) is 4.10. The zero-order valence-corrected chi connectivity index (χ0v) is 19.9. The van der Waals surface area contributed by atoms with Gasteiger partial charge >= 0.3 is 0 Å². The normalized spacial score (nSPS) is 18.4. The number of halogens is 2. The Morgan fingerprint density at radius 1 is 1.15 bits per heavy atom. The molecule has 1 aromatic carbocycles. The van der Waals surface area contributed by atoms with E-state index in [1.165, 1.54) is 10.6 Å². The summed E-state index contributed by atoms with van der Waals surface area (Å²) < 4.78 is 22.5. The van der Waals surface area contributed by atoms with Crippen molar-refractivity contribution < 1.29 is 9.13 Å². The van der Waals surface area contributed by atoms with E-state index in [0.29, 0.717) is 29.8 Å². The van der Waals surface area contributed by atoms with Crippen molar-refractivity contribution in [3.63, 3.8) is 0 Å². The monoisotopic (exact) mass is 478 g/mol. The number of fused-ring (bicyclic) bond motifs is 1. The number of hydrogen-bond donors (Lipinski definition) is 0. The molecule has 1 fully saturated rings. The first-order chi connectivity index (χ1) is 16.3. The second-order valence-electron chi connectivity index (χ2n) is 8.75. The van der Waals surface area contributed by atoms with E-state index < -0.39 is 5.82 Å². The first-order valence-corrected chi connectivity index (χ1v) is 11.6. The molecule has 0 radical (unpaired) electrons. The van der Waals surface area contributed by atoms with Crippen LogP contribution < -0.4 is 5.56 Å². The van der Waals surface area contributed by atoms with Crippen molar-refractivity contribution in [3.05, 3.63) is 86.6 Å². The smallest absolute Gasteiger partial charge is 0.263 e. The van der Waals surface area contributed by atoms with E-state index in [1.54, 1.807) is 26.1 Å². The lowest BCUT2D eigenvalue weighted by atomic mass is 9.89. The minimum atomic E-state index is -0.531. The van der Waals surface area contributed by atoms with Crippen molar-refractivity contribution in [1.29, 1.82) is 0 Å². The van der Waals surface area contributed by atoms with Gasteiger partial charge in [-0.15, -0.1) is 0 Å². The lowest BCUT2D eigenvalue weighted by Crippen LogP contribution is -2.23. The SMILES string of the molecule is Cc1ccc([C@@H]2C[C@@H](c3cc4nc(C)n(C)c(=O)c4c(-c4ccc(Cl)cc4F)n3)CCO2)cn1. The highest BCUT2D eigenvalue weighted by atomic mass is 35.5. The third-order valence-electron chi connectivity index (χ3n) is 6.50. The predicted octanol–water partition coefficient (Wildman–Crippen LogP) is 5.44. The molecule has 34 heavy (non-hydrogen) atoms. The minimum absolute atomic E-state index is 0.0599. The maximum Gasteiger partial charge on any atom is 0.263 e. The van der Waals surface area contributed by atoms with Crippen molar-refractivity contribution >= 4 is 22.5 Å². The van der Waals surface area contributed by atoms with Crippen LogP contribution in [-0.4, -0.2) is 26.1 Å². The van der Waals surface area contributed by atoms with Crippen LogP contribution in [0.25, 0.3) is 22.2 Å². The van der Waals surface area contributed by atoms with E-state index in [-0.39, 0.29) is 33.9 Å². The van der Waals surface area contributed by atoms with E-state index in [9.17, 15) is 9.18 Å². The summed E-state index contributed by atoms with van der Waals surface area (Å²) in [5.74, 6) is 0.106. The highest BCUT2D eigenvalue weighted by Gasteiger charge is 2.28. The van der Waals surface area contributed by atoms with Crippen LogP contribution >= 0.6 is 11.6 Å². The molecule has 6 nitrogen and oxygen atoms in total. The first-order valence-electron chi connectivity index (χ1n) is 11.2. The fraction of sp³-hybridized carbons (Fsp3) is 0.308. The Morgan fingerprint density at radius 3 is 2.71 bits per heavy atom. The number of pyridine rings is 2. The van der Waals surface area contributed by atoms with Crippen molar-refractivity contribution in [1.82, 2.24) is 19.5 Å². The van der Waals surface area contributed by atoms with Crippen molar-refractivity contribution in [2.75, 3.05) is 6.61 Å². The summed E-state index contributed by atoms with van der Waals surface area (Å²) >= 11 is 5.98. The molecule has 0 spiro atoms. The summed E-state index contributed by atoms with van der Waals surface area (Å²) in [5.41, 5.74) is 3.50. The molecule has 0 amide bonds. The van der Waals surface area contributed by atoms with Gasteiger partial charge < -0.3 is 4.74 Å². The first kappa shape index (κ1) is 22.6. The average Bonchev–Trinajstić information content (AvgIpc) is 2.82. The summed E-state index contributed by atoms with van der Waals surface area (Å²) in [6, 6.07) is 10.3. The Balaban J connectivity index is 1.65. The highest BCUT2D eigenvalue weighted by molar-refractivity contribution is 6.30. The third-order valence-corrected chi connectivity index (χ3v) is 6.73. The number of rotatable bonds is 3. The largest absolute Gasteiger partial charge is 0.373 e. The second kappa shape index (κ2) is 8.89. The van der Waals surface area contributed by atoms with E-state index in [4.69, 9.17) is 21.3 Å². The maximum atomic E-state index is 15.0. The van der Waals surface area contributed by atoms with Gasteiger partial charge in [-0.3, -0.25) is 19.3 Å². The van der Waals surface area contributed by atoms with Crippen LogP contribution in [0.3, 0.4) is 0 Å². The number of hydrogen-bond acceptors (Lipinski definition) is 5. The molecule has 8 heteroatoms. The molecule has 1 aliphatic heterocycles. The fourth-order valence-electron chi connectivity index (χ4n) is 4.47. The molecule has 0 unspecified atom stereocenters. The molecule has 174 valence electrons. The fourth-order valence-corrected chi connectivity index (χ4v) is 4.63. The zero-order valence-electron chi connectivity index (χ0n) is 19.2. The molecular formula is C26H24ClFN4O2. The standard InChI is InChI=1S/C26H24ClFN4O2/c1-14-4-5-17(13-29-14)23-10-16(8-9-34-23)21-12-22-24(26(33)32(3)15(2)30-22)25(31-21)19-7-6-18(27)11-20(19)28/h4-7,11-13,16,23H,8-10H2,1-3H3/t16-,23-/m0/s1. The summed E-state index contributed by atoms with van der Waals surface area (Å²) in [6.45, 7) is 4.29. The molecule has 4 heterocycles. The number of aromatic nitrogens is 4. The minimum Gasteiger partial charge on any atom is -0.373 e. The molecule has 1 aliphatic rings. The van der Waals surface area contributed by atoms with Crippen LogP contribution in [-0.2, 0) is 11.8 Å². The number of aryl methyl sites for hydroxylation is 2. The molecular weight excluding hydrogens is 455 g/mol. The summed E-state index contributed by atoms with van der Waals surface area (Å²) in [7, 11) is 1.65. The predicted molar refractivity (Wildman–Crippen MR) is 130 cm³/mol. The van der Waals surface area contributed by atoms with Gasteiger partial charge in [-0.1, -0.05) is 17.7 Å². The maximum absolute atomic E-state index is 15.0. The van der Waals surface area contributed by atoms with Gasteiger partial charge in [0, 0.05) is 47.7 Å². The van der Waals surface area contributed by atoms with E-state index in [0.717, 1.165) is 23.4 Å². The quantitative estimate of drug-likeness (QED) is 0.392. The molecule has 4 aromatic rings. The van der Waals surface area contributed by atoms with Gasteiger partial charge in [0.1, 0.15) is 11.6 Å². The van der Waals surface area contributed by atoms with Crippen LogP contribution in [0.15, 0.2) is 47.4 Å². The topological polar surface area (TPSA) is 69.9 Å². The van der Waals surface area contributed by atoms with E-state index in [2.05, 4.69) is 9.97 Å². The number of ether oxygens (including phenoxy) is 1. The molecule has 2 atom stereocenters. The van der Waals surface area contributed by atoms with Crippen LogP contribution in [0, 0.1) is 19.7 Å². The van der Waals surface area contributed by atoms with Gasteiger partial charge in [0.2, 0.25) is 0 Å². The molecule has 1 saturated heterocycles. The zero-order chi connectivity index (χ0) is 24.0. The molecule has 0 saturated carbocycles. The Labute approximate surface area is 201 Å². The van der Waals surface area contributed by atoms with Gasteiger partial charge in [-0.05, 0) is 62.6 Å². The van der Waals surface area contributed by atoms with Crippen LogP contribution in [0.2, 0.25) is 5.02 Å².